The maximum absolute atomic E-state index is 5.50. The number of benzene rings is 2. The predicted octanol–water partition coefficient (Wildman–Crippen LogP) is 2.79. The van der Waals surface area contributed by atoms with E-state index in [2.05, 4.69) is 41.0 Å². The van der Waals surface area contributed by atoms with Crippen LogP contribution in [0.5, 0.6) is 5.75 Å². The van der Waals surface area contributed by atoms with Gasteiger partial charge >= 0.3 is 0 Å². The van der Waals surface area contributed by atoms with Gasteiger partial charge in [-0.1, -0.05) is 30.3 Å². The fourth-order valence-electron chi connectivity index (χ4n) is 3.53. The highest BCUT2D eigenvalue weighted by Gasteiger charge is 2.27. The zero-order valence-corrected chi connectivity index (χ0v) is 16.1. The Hall–Kier alpha value is -2.11. The molecular formula is C21H28N3OS+. The van der Waals surface area contributed by atoms with E-state index in [1.165, 1.54) is 31.5 Å². The largest absolute Gasteiger partial charge is 0.494 e. The third kappa shape index (κ3) is 5.19. The average Bonchev–Trinajstić information content (AvgIpc) is 3.19. The SMILES string of the molecule is CCOc1ccc(NC(=S)NC[C@@H](c2ccccc2)[NH+]2CCCC2)cc1. The van der Waals surface area contributed by atoms with Crippen LogP contribution in [0.15, 0.2) is 54.6 Å². The Kier molecular flexibility index (Phi) is 6.86. The van der Waals surface area contributed by atoms with Crippen molar-refractivity contribution in [3.05, 3.63) is 60.2 Å². The highest BCUT2D eigenvalue weighted by molar-refractivity contribution is 7.80. The lowest BCUT2D eigenvalue weighted by Gasteiger charge is -2.26. The van der Waals surface area contributed by atoms with Crippen LogP contribution in [0.4, 0.5) is 5.69 Å². The third-order valence-electron chi connectivity index (χ3n) is 4.83. The summed E-state index contributed by atoms with van der Waals surface area (Å²) in [7, 11) is 0. The lowest BCUT2D eigenvalue weighted by molar-refractivity contribution is -0.918. The van der Waals surface area contributed by atoms with Gasteiger partial charge in [0.15, 0.2) is 5.11 Å². The van der Waals surface area contributed by atoms with Crippen LogP contribution in [0.3, 0.4) is 0 Å². The van der Waals surface area contributed by atoms with E-state index < -0.39 is 0 Å². The Bertz CT molecular complexity index is 684. The van der Waals surface area contributed by atoms with Crippen molar-refractivity contribution in [1.29, 1.82) is 0 Å². The van der Waals surface area contributed by atoms with Crippen LogP contribution in [0, 0.1) is 0 Å². The van der Waals surface area contributed by atoms with Gasteiger partial charge in [-0.3, -0.25) is 0 Å². The van der Waals surface area contributed by atoms with Gasteiger partial charge in [0.1, 0.15) is 11.8 Å². The van der Waals surface area contributed by atoms with E-state index in [9.17, 15) is 0 Å². The van der Waals surface area contributed by atoms with Gasteiger partial charge < -0.3 is 20.3 Å². The molecule has 4 nitrogen and oxygen atoms in total. The molecule has 2 aromatic rings. The summed E-state index contributed by atoms with van der Waals surface area (Å²) in [5.74, 6) is 0.874. The number of anilines is 1. The molecule has 0 aromatic heterocycles. The van der Waals surface area contributed by atoms with Crippen molar-refractivity contribution in [2.24, 2.45) is 0 Å². The lowest BCUT2D eigenvalue weighted by Crippen LogP contribution is -3.11. The zero-order chi connectivity index (χ0) is 18.2. The summed E-state index contributed by atoms with van der Waals surface area (Å²) in [6.07, 6.45) is 2.63. The Morgan fingerprint density at radius 3 is 2.42 bits per heavy atom. The smallest absolute Gasteiger partial charge is 0.171 e. The van der Waals surface area contributed by atoms with Crippen LogP contribution in [0.25, 0.3) is 0 Å². The molecule has 0 aliphatic carbocycles. The van der Waals surface area contributed by atoms with Crippen molar-refractivity contribution in [3.8, 4) is 5.75 Å². The Balaban J connectivity index is 1.57. The van der Waals surface area contributed by atoms with Crippen molar-refractivity contribution >= 4 is 23.0 Å². The molecule has 1 aliphatic rings. The zero-order valence-electron chi connectivity index (χ0n) is 15.3. The van der Waals surface area contributed by atoms with E-state index in [0.717, 1.165) is 18.0 Å². The Labute approximate surface area is 161 Å². The van der Waals surface area contributed by atoms with Crippen molar-refractivity contribution in [2.75, 3.05) is 31.6 Å². The normalized spacial score (nSPS) is 15.4. The minimum absolute atomic E-state index is 0.429. The quantitative estimate of drug-likeness (QED) is 0.655. The van der Waals surface area contributed by atoms with Crippen LogP contribution >= 0.6 is 12.2 Å². The average molecular weight is 371 g/mol. The van der Waals surface area contributed by atoms with Gasteiger partial charge in [-0.25, -0.2) is 0 Å². The fraction of sp³-hybridized carbons (Fsp3) is 0.381. The van der Waals surface area contributed by atoms with Crippen molar-refractivity contribution < 1.29 is 9.64 Å². The van der Waals surface area contributed by atoms with Gasteiger partial charge in [0, 0.05) is 24.1 Å². The van der Waals surface area contributed by atoms with Gasteiger partial charge in [-0.2, -0.15) is 0 Å². The highest BCUT2D eigenvalue weighted by Crippen LogP contribution is 2.15. The highest BCUT2D eigenvalue weighted by atomic mass is 32.1. The number of hydrogen-bond acceptors (Lipinski definition) is 2. The topological polar surface area (TPSA) is 37.7 Å². The Morgan fingerprint density at radius 1 is 1.08 bits per heavy atom. The third-order valence-corrected chi connectivity index (χ3v) is 5.08. The van der Waals surface area contributed by atoms with Crippen molar-refractivity contribution in [3.63, 3.8) is 0 Å². The van der Waals surface area contributed by atoms with E-state index in [0.29, 0.717) is 17.8 Å². The minimum Gasteiger partial charge on any atom is -0.494 e. The summed E-state index contributed by atoms with van der Waals surface area (Å²) in [5, 5.41) is 7.34. The van der Waals surface area contributed by atoms with Crippen LogP contribution in [0.1, 0.15) is 31.4 Å². The second kappa shape index (κ2) is 9.55. The number of thiocarbonyl (C=S) groups is 1. The maximum Gasteiger partial charge on any atom is 0.171 e. The molecule has 138 valence electrons. The number of likely N-dealkylation sites (tertiary alicyclic amines) is 1. The van der Waals surface area contributed by atoms with Crippen molar-refractivity contribution in [2.45, 2.75) is 25.8 Å². The van der Waals surface area contributed by atoms with Gasteiger partial charge in [-0.05, 0) is 43.4 Å². The predicted molar refractivity (Wildman–Crippen MR) is 111 cm³/mol. The molecule has 0 saturated carbocycles. The maximum atomic E-state index is 5.50. The summed E-state index contributed by atoms with van der Waals surface area (Å²) in [5.41, 5.74) is 2.34. The number of quaternary nitrogens is 1. The molecule has 5 heteroatoms. The molecule has 1 fully saturated rings. The molecule has 1 saturated heterocycles. The molecule has 3 N–H and O–H groups in total. The second-order valence-corrected chi connectivity index (χ2v) is 7.03. The van der Waals surface area contributed by atoms with Gasteiger partial charge in [0.05, 0.1) is 26.2 Å². The first-order valence-electron chi connectivity index (χ1n) is 9.43. The molecule has 2 aromatic carbocycles. The monoisotopic (exact) mass is 370 g/mol. The van der Waals surface area contributed by atoms with Crippen molar-refractivity contribution in [1.82, 2.24) is 5.32 Å². The van der Waals surface area contributed by atoms with E-state index in [1.54, 1.807) is 4.90 Å². The molecule has 1 atom stereocenters. The van der Waals surface area contributed by atoms with E-state index >= 15 is 0 Å². The first kappa shape index (κ1) is 18.7. The summed E-state index contributed by atoms with van der Waals surface area (Å²) in [6, 6.07) is 19.1. The minimum atomic E-state index is 0.429. The summed E-state index contributed by atoms with van der Waals surface area (Å²) >= 11 is 5.50. The number of rotatable bonds is 7. The fourth-order valence-corrected chi connectivity index (χ4v) is 3.73. The standard InChI is InChI=1S/C21H27N3OS/c1-2-25-19-12-10-18(11-13-19)23-21(26)22-16-20(24-14-6-7-15-24)17-8-4-3-5-9-17/h3-5,8-13,20H,2,6-7,14-16H2,1H3,(H2,22,23,26)/p+1/t20-/m0/s1. The van der Waals surface area contributed by atoms with E-state index in [1.807, 2.05) is 31.2 Å². The first-order valence-corrected chi connectivity index (χ1v) is 9.84. The molecule has 1 aliphatic heterocycles. The first-order chi connectivity index (χ1) is 12.8. The van der Waals surface area contributed by atoms with Gasteiger partial charge in [0.25, 0.3) is 0 Å². The summed E-state index contributed by atoms with van der Waals surface area (Å²) < 4.78 is 5.47. The van der Waals surface area contributed by atoms with E-state index in [4.69, 9.17) is 17.0 Å². The molecule has 0 spiro atoms. The molecule has 3 rings (SSSR count). The number of nitrogens with one attached hydrogen (secondary N) is 3. The van der Waals surface area contributed by atoms with Crippen LogP contribution in [0.2, 0.25) is 0 Å². The molecule has 0 radical (unpaired) electrons. The lowest BCUT2D eigenvalue weighted by atomic mass is 10.1. The van der Waals surface area contributed by atoms with Crippen LogP contribution < -0.4 is 20.3 Å². The molecule has 1 heterocycles. The molecular weight excluding hydrogens is 342 g/mol. The number of hydrogen-bond donors (Lipinski definition) is 3. The molecule has 26 heavy (non-hydrogen) atoms. The molecule has 0 bridgehead atoms. The van der Waals surface area contributed by atoms with Gasteiger partial charge in [-0.15, -0.1) is 0 Å². The van der Waals surface area contributed by atoms with Gasteiger partial charge in [0.2, 0.25) is 0 Å². The Morgan fingerprint density at radius 2 is 1.77 bits per heavy atom. The molecule has 0 amide bonds. The molecule has 0 unspecified atom stereocenters. The van der Waals surface area contributed by atoms with Crippen LogP contribution in [-0.2, 0) is 0 Å². The van der Waals surface area contributed by atoms with Crippen LogP contribution in [-0.4, -0.2) is 31.4 Å². The summed E-state index contributed by atoms with van der Waals surface area (Å²) in [4.78, 5) is 1.65. The second-order valence-electron chi connectivity index (χ2n) is 6.62. The summed E-state index contributed by atoms with van der Waals surface area (Å²) in [6.45, 7) is 5.96. The number of ether oxygens (including phenoxy) is 1. The van der Waals surface area contributed by atoms with E-state index in [-0.39, 0.29) is 0 Å².